The van der Waals surface area contributed by atoms with E-state index in [2.05, 4.69) is 36.0 Å². The molecule has 0 amide bonds. The van der Waals surface area contributed by atoms with Crippen LogP contribution >= 0.6 is 11.3 Å². The van der Waals surface area contributed by atoms with Crippen molar-refractivity contribution in [2.45, 2.75) is 39.2 Å². The molecule has 1 N–H and O–H groups in total. The van der Waals surface area contributed by atoms with Gasteiger partial charge in [-0.25, -0.2) is 0 Å². The van der Waals surface area contributed by atoms with Crippen LogP contribution in [0.15, 0.2) is 16.8 Å². The van der Waals surface area contributed by atoms with Crippen molar-refractivity contribution < 1.29 is 4.74 Å². The van der Waals surface area contributed by atoms with Crippen LogP contribution in [-0.2, 0) is 11.2 Å². The van der Waals surface area contributed by atoms with Crippen molar-refractivity contribution in [3.05, 3.63) is 22.4 Å². The van der Waals surface area contributed by atoms with Crippen molar-refractivity contribution in [3.8, 4) is 0 Å². The average molecular weight is 255 g/mol. The third kappa shape index (κ3) is 6.20. The third-order valence-electron chi connectivity index (χ3n) is 2.88. The Labute approximate surface area is 109 Å². The molecule has 1 aromatic heterocycles. The summed E-state index contributed by atoms with van der Waals surface area (Å²) in [6.45, 7) is 6.44. The molecule has 0 radical (unpaired) electrons. The lowest BCUT2D eigenvalue weighted by atomic mass is 9.97. The molecular formula is C14H25NOS. The summed E-state index contributed by atoms with van der Waals surface area (Å²) in [7, 11) is 1.78. The second kappa shape index (κ2) is 8.67. The van der Waals surface area contributed by atoms with E-state index in [1.165, 1.54) is 18.4 Å². The predicted octanol–water partition coefficient (Wildman–Crippen LogP) is 3.33. The summed E-state index contributed by atoms with van der Waals surface area (Å²) in [5.74, 6) is 0.619. The maximum Gasteiger partial charge on any atom is 0.0488 e. The highest BCUT2D eigenvalue weighted by molar-refractivity contribution is 7.07. The lowest BCUT2D eigenvalue weighted by Crippen LogP contribution is -2.34. The first kappa shape index (κ1) is 14.7. The zero-order chi connectivity index (χ0) is 12.5. The summed E-state index contributed by atoms with van der Waals surface area (Å²) < 4.78 is 5.22. The first-order valence-electron chi connectivity index (χ1n) is 6.49. The SMILES string of the molecule is CCCNC(Cc1ccsc1)CC(C)COC. The molecule has 1 heterocycles. The highest BCUT2D eigenvalue weighted by atomic mass is 32.1. The van der Waals surface area contributed by atoms with Crippen LogP contribution in [0.2, 0.25) is 0 Å². The van der Waals surface area contributed by atoms with E-state index in [1.807, 2.05) is 0 Å². The van der Waals surface area contributed by atoms with Gasteiger partial charge >= 0.3 is 0 Å². The zero-order valence-corrected chi connectivity index (χ0v) is 12.1. The molecule has 2 nitrogen and oxygen atoms in total. The van der Waals surface area contributed by atoms with Crippen molar-refractivity contribution in [1.82, 2.24) is 5.32 Å². The van der Waals surface area contributed by atoms with E-state index in [1.54, 1.807) is 18.4 Å². The Morgan fingerprint density at radius 1 is 1.47 bits per heavy atom. The van der Waals surface area contributed by atoms with E-state index in [4.69, 9.17) is 4.74 Å². The van der Waals surface area contributed by atoms with Gasteiger partial charge in [0.2, 0.25) is 0 Å². The van der Waals surface area contributed by atoms with Crippen molar-refractivity contribution in [2.24, 2.45) is 5.92 Å². The fourth-order valence-corrected chi connectivity index (χ4v) is 2.80. The summed E-state index contributed by atoms with van der Waals surface area (Å²) in [4.78, 5) is 0. The smallest absolute Gasteiger partial charge is 0.0488 e. The summed E-state index contributed by atoms with van der Waals surface area (Å²) in [5.41, 5.74) is 1.45. The Bertz CT molecular complexity index is 274. The first-order chi connectivity index (χ1) is 8.26. The normalized spacial score (nSPS) is 14.8. The number of hydrogen-bond donors (Lipinski definition) is 1. The van der Waals surface area contributed by atoms with Gasteiger partial charge in [0.05, 0.1) is 0 Å². The van der Waals surface area contributed by atoms with Crippen LogP contribution in [0.3, 0.4) is 0 Å². The second-order valence-corrected chi connectivity index (χ2v) is 5.56. The van der Waals surface area contributed by atoms with Crippen molar-refractivity contribution in [3.63, 3.8) is 0 Å². The second-order valence-electron chi connectivity index (χ2n) is 4.78. The number of methoxy groups -OCH3 is 1. The molecule has 2 unspecified atom stereocenters. The maximum atomic E-state index is 5.22. The summed E-state index contributed by atoms with van der Waals surface area (Å²) in [5, 5.41) is 8.06. The van der Waals surface area contributed by atoms with Gasteiger partial charge < -0.3 is 10.1 Å². The van der Waals surface area contributed by atoms with E-state index >= 15 is 0 Å². The Hall–Kier alpha value is -0.380. The minimum absolute atomic E-state index is 0.578. The average Bonchev–Trinajstić information content (AvgIpc) is 2.79. The molecule has 0 aliphatic carbocycles. The minimum Gasteiger partial charge on any atom is -0.384 e. The lowest BCUT2D eigenvalue weighted by Gasteiger charge is -2.21. The molecule has 0 aromatic carbocycles. The predicted molar refractivity (Wildman–Crippen MR) is 75.8 cm³/mol. The Morgan fingerprint density at radius 2 is 2.29 bits per heavy atom. The largest absolute Gasteiger partial charge is 0.384 e. The van der Waals surface area contributed by atoms with Gasteiger partial charge in [0.1, 0.15) is 0 Å². The molecule has 2 atom stereocenters. The minimum atomic E-state index is 0.578. The fraction of sp³-hybridized carbons (Fsp3) is 0.714. The Morgan fingerprint density at radius 3 is 2.88 bits per heavy atom. The molecule has 3 heteroatoms. The number of rotatable bonds is 9. The van der Waals surface area contributed by atoms with Gasteiger partial charge in [-0.2, -0.15) is 11.3 Å². The van der Waals surface area contributed by atoms with Gasteiger partial charge in [-0.05, 0) is 54.1 Å². The van der Waals surface area contributed by atoms with Gasteiger partial charge in [-0.3, -0.25) is 0 Å². The number of thiophene rings is 1. The van der Waals surface area contributed by atoms with Crippen LogP contribution in [0.1, 0.15) is 32.3 Å². The Kier molecular flexibility index (Phi) is 7.49. The first-order valence-corrected chi connectivity index (χ1v) is 7.44. The van der Waals surface area contributed by atoms with Gasteiger partial charge in [0.25, 0.3) is 0 Å². The molecule has 0 spiro atoms. The van der Waals surface area contributed by atoms with E-state index in [-0.39, 0.29) is 0 Å². The monoisotopic (exact) mass is 255 g/mol. The lowest BCUT2D eigenvalue weighted by molar-refractivity contribution is 0.149. The molecule has 0 bridgehead atoms. The van der Waals surface area contributed by atoms with E-state index in [0.717, 1.165) is 19.6 Å². The van der Waals surface area contributed by atoms with Gasteiger partial charge in [0.15, 0.2) is 0 Å². The molecule has 1 aromatic rings. The van der Waals surface area contributed by atoms with Gasteiger partial charge in [-0.1, -0.05) is 13.8 Å². The number of ether oxygens (including phenoxy) is 1. The summed E-state index contributed by atoms with van der Waals surface area (Å²) in [6, 6.07) is 2.81. The number of hydrogen-bond acceptors (Lipinski definition) is 3. The fourth-order valence-electron chi connectivity index (χ4n) is 2.12. The third-order valence-corrected chi connectivity index (χ3v) is 3.62. The topological polar surface area (TPSA) is 21.3 Å². The molecule has 0 fully saturated rings. The van der Waals surface area contributed by atoms with E-state index in [0.29, 0.717) is 12.0 Å². The highest BCUT2D eigenvalue weighted by Crippen LogP contribution is 2.14. The molecule has 0 aliphatic heterocycles. The van der Waals surface area contributed by atoms with Gasteiger partial charge in [0, 0.05) is 19.8 Å². The molecule has 0 aliphatic rings. The molecule has 17 heavy (non-hydrogen) atoms. The van der Waals surface area contributed by atoms with E-state index in [9.17, 15) is 0 Å². The van der Waals surface area contributed by atoms with Crippen molar-refractivity contribution in [1.29, 1.82) is 0 Å². The Balaban J connectivity index is 2.42. The van der Waals surface area contributed by atoms with Crippen LogP contribution in [0.4, 0.5) is 0 Å². The van der Waals surface area contributed by atoms with Crippen LogP contribution < -0.4 is 5.32 Å². The molecule has 0 saturated heterocycles. The van der Waals surface area contributed by atoms with E-state index < -0.39 is 0 Å². The highest BCUT2D eigenvalue weighted by Gasteiger charge is 2.13. The zero-order valence-electron chi connectivity index (χ0n) is 11.2. The van der Waals surface area contributed by atoms with Crippen LogP contribution in [-0.4, -0.2) is 26.3 Å². The number of nitrogens with one attached hydrogen (secondary N) is 1. The summed E-state index contributed by atoms with van der Waals surface area (Å²) in [6.07, 6.45) is 3.51. The molecule has 0 saturated carbocycles. The van der Waals surface area contributed by atoms with Crippen LogP contribution in [0, 0.1) is 5.92 Å². The quantitative estimate of drug-likeness (QED) is 0.731. The molecule has 98 valence electrons. The standard InChI is InChI=1S/C14H25NOS/c1-4-6-15-14(8-12(2)10-16-3)9-13-5-7-17-11-13/h5,7,11-12,14-15H,4,6,8-10H2,1-3H3. The molecule has 1 rings (SSSR count). The summed E-state index contributed by atoms with van der Waals surface area (Å²) >= 11 is 1.78. The van der Waals surface area contributed by atoms with Crippen LogP contribution in [0.25, 0.3) is 0 Å². The van der Waals surface area contributed by atoms with Gasteiger partial charge in [-0.15, -0.1) is 0 Å². The van der Waals surface area contributed by atoms with Crippen LogP contribution in [0.5, 0.6) is 0 Å². The maximum absolute atomic E-state index is 5.22. The molecular weight excluding hydrogens is 230 g/mol. The van der Waals surface area contributed by atoms with Crippen molar-refractivity contribution >= 4 is 11.3 Å². The van der Waals surface area contributed by atoms with Crippen molar-refractivity contribution in [2.75, 3.05) is 20.3 Å².